The molecule has 1 unspecified atom stereocenters. The van der Waals surface area contributed by atoms with Crippen LogP contribution >= 0.6 is 23.2 Å². The van der Waals surface area contributed by atoms with Crippen molar-refractivity contribution >= 4 is 29.0 Å². The van der Waals surface area contributed by atoms with E-state index >= 15 is 0 Å². The van der Waals surface area contributed by atoms with Gasteiger partial charge < -0.3 is 15.2 Å². The number of phenolic OH excluding ortho intramolecular Hbond substituents is 1. The van der Waals surface area contributed by atoms with Crippen LogP contribution in [0, 0.1) is 0 Å². The highest BCUT2D eigenvalue weighted by Gasteiger charge is 2.11. The summed E-state index contributed by atoms with van der Waals surface area (Å²) in [6.45, 7) is 2.64. The van der Waals surface area contributed by atoms with E-state index in [-0.39, 0.29) is 16.8 Å². The fourth-order valence-electron chi connectivity index (χ4n) is 3.41. The Morgan fingerprint density at radius 2 is 1.64 bits per heavy atom. The number of hydrogen-bond donors (Lipinski definition) is 2. The number of aromatic hydroxyl groups is 1. The number of rotatable bonds is 8. The zero-order valence-corrected chi connectivity index (χ0v) is 19.5. The van der Waals surface area contributed by atoms with Crippen LogP contribution in [-0.4, -0.2) is 21.3 Å². The third kappa shape index (κ3) is 6.15. The van der Waals surface area contributed by atoms with Crippen LogP contribution in [0.1, 0.15) is 18.1 Å². The van der Waals surface area contributed by atoms with Gasteiger partial charge in [0.15, 0.2) is 0 Å². The second-order valence-electron chi connectivity index (χ2n) is 7.76. The van der Waals surface area contributed by atoms with Crippen LogP contribution in [0.5, 0.6) is 11.5 Å². The predicted octanol–water partition coefficient (Wildman–Crippen LogP) is 6.78. The Kier molecular flexibility index (Phi) is 7.33. The first kappa shape index (κ1) is 22.9. The van der Waals surface area contributed by atoms with Gasteiger partial charge in [0, 0.05) is 17.7 Å². The number of aromatic nitrogens is 2. The van der Waals surface area contributed by atoms with Gasteiger partial charge >= 0.3 is 0 Å². The Hall–Kier alpha value is -3.28. The Morgan fingerprint density at radius 1 is 0.879 bits per heavy atom. The van der Waals surface area contributed by atoms with Gasteiger partial charge in [0.2, 0.25) is 0 Å². The summed E-state index contributed by atoms with van der Waals surface area (Å²) >= 11 is 12.2. The number of hydrogen-bond acceptors (Lipinski definition) is 5. The molecule has 0 bridgehead atoms. The van der Waals surface area contributed by atoms with Crippen LogP contribution in [0.15, 0.2) is 78.9 Å². The molecule has 33 heavy (non-hydrogen) atoms. The van der Waals surface area contributed by atoms with Crippen molar-refractivity contribution in [3.63, 3.8) is 0 Å². The fourth-order valence-corrected chi connectivity index (χ4v) is 3.82. The lowest BCUT2D eigenvalue weighted by Crippen LogP contribution is -2.19. The molecular weight excluding hydrogens is 457 g/mol. The second-order valence-corrected chi connectivity index (χ2v) is 8.57. The number of phenols is 1. The van der Waals surface area contributed by atoms with Crippen molar-refractivity contribution in [1.82, 2.24) is 10.2 Å². The normalized spacial score (nSPS) is 11.7. The molecule has 0 spiro atoms. The van der Waals surface area contributed by atoms with E-state index in [1.54, 1.807) is 6.07 Å². The van der Waals surface area contributed by atoms with E-state index in [0.717, 1.165) is 17.7 Å². The largest absolute Gasteiger partial charge is 0.506 e. The minimum absolute atomic E-state index is 0.0683. The highest BCUT2D eigenvalue weighted by Crippen LogP contribution is 2.35. The summed E-state index contributed by atoms with van der Waals surface area (Å²) in [6, 6.07) is 25.0. The van der Waals surface area contributed by atoms with Gasteiger partial charge in [0.1, 0.15) is 23.9 Å². The first-order valence-electron chi connectivity index (χ1n) is 10.5. The van der Waals surface area contributed by atoms with Gasteiger partial charge in [0.05, 0.1) is 15.7 Å². The van der Waals surface area contributed by atoms with Crippen molar-refractivity contribution in [3.8, 4) is 22.8 Å². The summed E-state index contributed by atoms with van der Waals surface area (Å²) in [5.41, 5.74) is 3.52. The van der Waals surface area contributed by atoms with E-state index in [0.29, 0.717) is 28.7 Å². The molecular formula is C26H23Cl2N3O2. The van der Waals surface area contributed by atoms with E-state index in [1.165, 1.54) is 11.6 Å². The maximum Gasteiger partial charge on any atom is 0.148 e. The van der Waals surface area contributed by atoms with Crippen LogP contribution < -0.4 is 10.1 Å². The highest BCUT2D eigenvalue weighted by molar-refractivity contribution is 6.36. The molecule has 4 rings (SSSR count). The van der Waals surface area contributed by atoms with Gasteiger partial charge in [0.25, 0.3) is 0 Å². The van der Waals surface area contributed by atoms with Crippen LogP contribution in [0.25, 0.3) is 11.3 Å². The predicted molar refractivity (Wildman–Crippen MR) is 133 cm³/mol. The van der Waals surface area contributed by atoms with Crippen LogP contribution in [-0.2, 0) is 13.0 Å². The number of nitrogens with one attached hydrogen (secondary N) is 1. The molecule has 7 heteroatoms. The lowest BCUT2D eigenvalue weighted by Gasteiger charge is -2.15. The number of anilines is 1. The Bertz CT molecular complexity index is 1200. The number of halogens is 2. The Balaban J connectivity index is 1.32. The number of ether oxygens (including phenoxy) is 1. The zero-order chi connectivity index (χ0) is 23.2. The van der Waals surface area contributed by atoms with Gasteiger partial charge in [-0.15, -0.1) is 10.2 Å². The quantitative estimate of drug-likeness (QED) is 0.291. The highest BCUT2D eigenvalue weighted by atomic mass is 35.5. The minimum atomic E-state index is -0.0683. The average Bonchev–Trinajstić information content (AvgIpc) is 2.82. The van der Waals surface area contributed by atoms with Gasteiger partial charge in [-0.25, -0.2) is 0 Å². The van der Waals surface area contributed by atoms with Crippen molar-refractivity contribution < 1.29 is 9.84 Å². The standard InChI is InChI=1S/C26H23Cl2N3O2/c1-17(13-18-7-9-20(10-8-18)33-16-19-5-3-2-4-6-19)29-26-12-11-24(30-31-26)21-14-23(28)25(32)15-22(21)27/h2-12,14-15,17,32H,13,16H2,1H3,(H,29,31). The Morgan fingerprint density at radius 3 is 2.33 bits per heavy atom. The van der Waals surface area contributed by atoms with Gasteiger partial charge in [-0.3, -0.25) is 0 Å². The van der Waals surface area contributed by atoms with E-state index < -0.39 is 0 Å². The molecule has 0 saturated heterocycles. The third-order valence-corrected chi connectivity index (χ3v) is 5.70. The van der Waals surface area contributed by atoms with Crippen molar-refractivity contribution in [1.29, 1.82) is 0 Å². The molecule has 1 atom stereocenters. The van der Waals surface area contributed by atoms with E-state index in [1.807, 2.05) is 54.6 Å². The smallest absolute Gasteiger partial charge is 0.148 e. The lowest BCUT2D eigenvalue weighted by atomic mass is 10.1. The molecule has 1 heterocycles. The number of nitrogens with zero attached hydrogens (tertiary/aromatic N) is 2. The molecule has 2 N–H and O–H groups in total. The lowest BCUT2D eigenvalue weighted by molar-refractivity contribution is 0.306. The topological polar surface area (TPSA) is 67.3 Å². The monoisotopic (exact) mass is 479 g/mol. The molecule has 4 aromatic rings. The van der Waals surface area contributed by atoms with Crippen LogP contribution in [0.3, 0.4) is 0 Å². The van der Waals surface area contributed by atoms with E-state index in [9.17, 15) is 5.11 Å². The summed E-state index contributed by atoms with van der Waals surface area (Å²) in [5.74, 6) is 1.44. The summed E-state index contributed by atoms with van der Waals surface area (Å²) < 4.78 is 5.85. The van der Waals surface area contributed by atoms with Gasteiger partial charge in [-0.1, -0.05) is 65.7 Å². The number of benzene rings is 3. The average molecular weight is 480 g/mol. The molecule has 168 valence electrons. The SMILES string of the molecule is CC(Cc1ccc(OCc2ccccc2)cc1)Nc1ccc(-c2cc(Cl)c(O)cc2Cl)nn1. The molecule has 0 saturated carbocycles. The molecule has 0 aliphatic carbocycles. The van der Waals surface area contributed by atoms with Crippen molar-refractivity contribution in [2.45, 2.75) is 26.0 Å². The van der Waals surface area contributed by atoms with Crippen LogP contribution in [0.4, 0.5) is 5.82 Å². The summed E-state index contributed by atoms with van der Waals surface area (Å²) in [7, 11) is 0. The summed E-state index contributed by atoms with van der Waals surface area (Å²) in [6.07, 6.45) is 0.821. The Labute approximate surface area is 203 Å². The second kappa shape index (κ2) is 10.6. The van der Waals surface area contributed by atoms with Crippen LogP contribution in [0.2, 0.25) is 10.0 Å². The molecule has 0 aliphatic heterocycles. The van der Waals surface area contributed by atoms with E-state index in [2.05, 4.69) is 34.6 Å². The van der Waals surface area contributed by atoms with Crippen molar-refractivity contribution in [2.75, 3.05) is 5.32 Å². The van der Waals surface area contributed by atoms with Crippen molar-refractivity contribution in [2.24, 2.45) is 0 Å². The third-order valence-electron chi connectivity index (χ3n) is 5.08. The maximum atomic E-state index is 9.66. The molecule has 5 nitrogen and oxygen atoms in total. The van der Waals surface area contributed by atoms with Gasteiger partial charge in [-0.2, -0.15) is 0 Å². The molecule has 3 aromatic carbocycles. The molecule has 0 radical (unpaired) electrons. The maximum absolute atomic E-state index is 9.66. The first-order valence-corrected chi connectivity index (χ1v) is 11.3. The summed E-state index contributed by atoms with van der Waals surface area (Å²) in [4.78, 5) is 0. The molecule has 0 aliphatic rings. The molecule has 1 aromatic heterocycles. The first-order chi connectivity index (χ1) is 16.0. The molecule has 0 fully saturated rings. The minimum Gasteiger partial charge on any atom is -0.506 e. The van der Waals surface area contributed by atoms with Crippen molar-refractivity contribution in [3.05, 3.63) is 100 Å². The molecule has 0 amide bonds. The van der Waals surface area contributed by atoms with Gasteiger partial charge in [-0.05, 0) is 54.8 Å². The fraction of sp³-hybridized carbons (Fsp3) is 0.154. The zero-order valence-electron chi connectivity index (χ0n) is 18.0. The van der Waals surface area contributed by atoms with E-state index in [4.69, 9.17) is 27.9 Å². The summed E-state index contributed by atoms with van der Waals surface area (Å²) in [5, 5.41) is 22.1.